The van der Waals surface area contributed by atoms with Gasteiger partial charge in [-0.3, -0.25) is 19.7 Å². The smallest absolute Gasteiger partial charge is 0.318 e. The summed E-state index contributed by atoms with van der Waals surface area (Å²) in [6.07, 6.45) is 0.763. The molecule has 10 nitrogen and oxygen atoms in total. The van der Waals surface area contributed by atoms with Crippen molar-refractivity contribution in [2.75, 3.05) is 46.0 Å². The van der Waals surface area contributed by atoms with Gasteiger partial charge in [0.05, 0.1) is 4.92 Å². The first-order valence-corrected chi connectivity index (χ1v) is 14.7. The lowest BCUT2D eigenvalue weighted by Gasteiger charge is -2.26. The van der Waals surface area contributed by atoms with Gasteiger partial charge < -0.3 is 20.4 Å². The molecule has 1 atom stereocenters. The molecule has 42 heavy (non-hydrogen) atoms. The summed E-state index contributed by atoms with van der Waals surface area (Å²) in [6, 6.07) is 23.4. The maximum atomic E-state index is 13.6. The number of carbonyl (C=O) groups excluding carboxylic acids is 3. The van der Waals surface area contributed by atoms with Crippen LogP contribution in [0.3, 0.4) is 0 Å². The molecule has 0 heterocycles. The number of thioether (sulfide) groups is 1. The Bertz CT molecular complexity index is 1310. The van der Waals surface area contributed by atoms with Crippen LogP contribution in [0.2, 0.25) is 0 Å². The number of nitrogens with zero attached hydrogens (tertiary/aromatic N) is 3. The lowest BCUT2D eigenvalue weighted by atomic mass is 10.0. The van der Waals surface area contributed by atoms with Crippen LogP contribution in [-0.4, -0.2) is 83.8 Å². The van der Waals surface area contributed by atoms with Crippen molar-refractivity contribution in [2.45, 2.75) is 18.9 Å². The number of urea groups is 1. The molecule has 0 aliphatic carbocycles. The highest BCUT2D eigenvalue weighted by atomic mass is 32.2. The predicted molar refractivity (Wildman–Crippen MR) is 166 cm³/mol. The highest BCUT2D eigenvalue weighted by molar-refractivity contribution is 8.14. The van der Waals surface area contributed by atoms with Crippen molar-refractivity contribution in [1.29, 1.82) is 0 Å². The number of nitro groups is 1. The minimum absolute atomic E-state index is 0.0515. The number of benzene rings is 3. The van der Waals surface area contributed by atoms with E-state index in [0.717, 1.165) is 17.3 Å². The molecule has 3 rings (SSSR count). The number of hydrogen-bond donors (Lipinski definition) is 2. The predicted octanol–water partition coefficient (Wildman–Crippen LogP) is 4.01. The fourth-order valence-corrected chi connectivity index (χ4v) is 4.89. The second-order valence-corrected chi connectivity index (χ2v) is 11.0. The fraction of sp³-hybridized carbons (Fsp3) is 0.323. The number of amides is 3. The van der Waals surface area contributed by atoms with Crippen LogP contribution in [0.4, 0.5) is 10.5 Å². The van der Waals surface area contributed by atoms with E-state index in [-0.39, 0.29) is 23.1 Å². The fourth-order valence-electron chi connectivity index (χ4n) is 4.09. The molecule has 0 radical (unpaired) electrons. The lowest BCUT2D eigenvalue weighted by Crippen LogP contribution is -2.53. The van der Waals surface area contributed by atoms with E-state index in [0.29, 0.717) is 49.5 Å². The van der Waals surface area contributed by atoms with Gasteiger partial charge in [-0.25, -0.2) is 4.79 Å². The number of hydrogen-bond acceptors (Lipinski definition) is 7. The van der Waals surface area contributed by atoms with Crippen LogP contribution in [0.1, 0.15) is 21.5 Å². The van der Waals surface area contributed by atoms with Gasteiger partial charge in [-0.1, -0.05) is 84.6 Å². The van der Waals surface area contributed by atoms with E-state index in [2.05, 4.69) is 10.6 Å². The van der Waals surface area contributed by atoms with Crippen LogP contribution in [0, 0.1) is 10.1 Å². The summed E-state index contributed by atoms with van der Waals surface area (Å²) in [5, 5.41) is 16.7. The first kappa shape index (κ1) is 32.3. The van der Waals surface area contributed by atoms with E-state index < -0.39 is 17.0 Å². The monoisotopic (exact) mass is 591 g/mol. The summed E-state index contributed by atoms with van der Waals surface area (Å²) in [7, 11) is 3.79. The van der Waals surface area contributed by atoms with Crippen molar-refractivity contribution in [2.24, 2.45) is 0 Å². The Morgan fingerprint density at radius 1 is 0.857 bits per heavy atom. The zero-order valence-corrected chi connectivity index (χ0v) is 24.7. The van der Waals surface area contributed by atoms with Crippen molar-refractivity contribution in [1.82, 2.24) is 20.4 Å². The van der Waals surface area contributed by atoms with Gasteiger partial charge >= 0.3 is 6.03 Å². The van der Waals surface area contributed by atoms with Gasteiger partial charge in [-0.05, 0) is 31.6 Å². The number of carbonyl (C=O) groups is 3. The van der Waals surface area contributed by atoms with Crippen molar-refractivity contribution < 1.29 is 19.3 Å². The van der Waals surface area contributed by atoms with Crippen LogP contribution in [0.25, 0.3) is 0 Å². The van der Waals surface area contributed by atoms with Gasteiger partial charge in [0.25, 0.3) is 5.69 Å². The molecule has 3 aromatic carbocycles. The van der Waals surface area contributed by atoms with Crippen molar-refractivity contribution >= 4 is 34.5 Å². The van der Waals surface area contributed by atoms with Crippen molar-refractivity contribution in [3.63, 3.8) is 0 Å². The van der Waals surface area contributed by atoms with Crippen LogP contribution in [0.5, 0.6) is 0 Å². The third-order valence-corrected chi connectivity index (χ3v) is 7.35. The van der Waals surface area contributed by atoms with Crippen LogP contribution in [0.15, 0.2) is 84.9 Å². The first-order chi connectivity index (χ1) is 20.2. The summed E-state index contributed by atoms with van der Waals surface area (Å²) in [5.74, 6) is 0.0398. The molecule has 3 aromatic rings. The van der Waals surface area contributed by atoms with E-state index in [1.165, 1.54) is 12.1 Å². The Balaban J connectivity index is 1.72. The molecular weight excluding hydrogens is 554 g/mol. The molecule has 0 saturated carbocycles. The summed E-state index contributed by atoms with van der Waals surface area (Å²) in [4.78, 5) is 53.5. The second-order valence-electron chi connectivity index (χ2n) is 9.95. The van der Waals surface area contributed by atoms with E-state index >= 15 is 0 Å². The Hall–Kier alpha value is -4.22. The highest BCUT2D eigenvalue weighted by Gasteiger charge is 2.24. The van der Waals surface area contributed by atoms with Crippen molar-refractivity contribution in [3.8, 4) is 0 Å². The summed E-state index contributed by atoms with van der Waals surface area (Å²) in [6.45, 7) is 1.71. The Morgan fingerprint density at radius 3 is 2.12 bits per heavy atom. The van der Waals surface area contributed by atoms with Gasteiger partial charge in [0.15, 0.2) is 0 Å². The summed E-state index contributed by atoms with van der Waals surface area (Å²) >= 11 is 1.14. The molecule has 222 valence electrons. The van der Waals surface area contributed by atoms with Gasteiger partial charge in [0, 0.05) is 56.0 Å². The molecule has 0 spiro atoms. The Morgan fingerprint density at radius 2 is 1.50 bits per heavy atom. The number of nitro benzene ring substituents is 1. The molecule has 2 N–H and O–H groups in total. The summed E-state index contributed by atoms with van der Waals surface area (Å²) < 4.78 is 0. The zero-order valence-electron chi connectivity index (χ0n) is 23.9. The highest BCUT2D eigenvalue weighted by Crippen LogP contribution is 2.15. The molecule has 3 amide bonds. The molecular formula is C31H37N5O5S. The molecule has 11 heteroatoms. The number of rotatable bonds is 15. The van der Waals surface area contributed by atoms with Gasteiger partial charge in [-0.2, -0.15) is 0 Å². The van der Waals surface area contributed by atoms with Gasteiger partial charge in [-0.15, -0.1) is 0 Å². The Labute approximate surface area is 250 Å². The number of non-ortho nitro benzene ring substituents is 1. The average molecular weight is 592 g/mol. The Kier molecular flexibility index (Phi) is 13.0. The van der Waals surface area contributed by atoms with E-state index in [9.17, 15) is 24.5 Å². The molecule has 0 saturated heterocycles. The third-order valence-electron chi connectivity index (χ3n) is 6.46. The molecule has 0 aliphatic rings. The molecule has 0 aromatic heterocycles. The van der Waals surface area contributed by atoms with E-state index in [4.69, 9.17) is 0 Å². The van der Waals surface area contributed by atoms with Crippen LogP contribution >= 0.6 is 11.8 Å². The third kappa shape index (κ3) is 11.0. The number of nitrogens with one attached hydrogen (secondary N) is 2. The first-order valence-electron chi connectivity index (χ1n) is 13.7. The molecule has 0 bridgehead atoms. The van der Waals surface area contributed by atoms with Gasteiger partial charge in [0.2, 0.25) is 11.0 Å². The SMILES string of the molecule is CN(C)CCNC(=O)C(Cc1ccc([N+](=O)[O-])cc1)NC(=O)N(CCSC(=O)c1ccccc1)CCc1ccccc1. The van der Waals surface area contributed by atoms with E-state index in [1.807, 2.05) is 67.5 Å². The van der Waals surface area contributed by atoms with E-state index in [1.54, 1.807) is 29.2 Å². The van der Waals surface area contributed by atoms with Crippen molar-refractivity contribution in [3.05, 3.63) is 112 Å². The average Bonchev–Trinajstić information content (AvgIpc) is 2.99. The van der Waals surface area contributed by atoms with Crippen LogP contribution < -0.4 is 10.6 Å². The maximum absolute atomic E-state index is 13.6. The minimum atomic E-state index is -0.904. The topological polar surface area (TPSA) is 125 Å². The standard InChI is InChI=1S/C31H37N5O5S/c1-34(2)20-18-32-29(37)28(23-25-13-15-27(16-14-25)36(40)41)33-31(39)35(19-17-24-9-5-3-6-10-24)21-22-42-30(38)26-11-7-4-8-12-26/h3-16,28H,17-23H2,1-2H3,(H,32,37)(H,33,39). The second kappa shape index (κ2) is 16.9. The number of likely N-dealkylation sites (N-methyl/N-ethyl adjacent to an activating group) is 1. The molecule has 0 fully saturated rings. The summed E-state index contributed by atoms with van der Waals surface area (Å²) in [5.41, 5.74) is 2.28. The molecule has 0 aliphatic heterocycles. The zero-order chi connectivity index (χ0) is 30.3. The normalized spacial score (nSPS) is 11.5. The quantitative estimate of drug-likeness (QED) is 0.202. The lowest BCUT2D eigenvalue weighted by molar-refractivity contribution is -0.384. The minimum Gasteiger partial charge on any atom is -0.353 e. The maximum Gasteiger partial charge on any atom is 0.318 e. The largest absolute Gasteiger partial charge is 0.353 e. The van der Waals surface area contributed by atoms with Gasteiger partial charge in [0.1, 0.15) is 6.04 Å². The molecule has 1 unspecified atom stereocenters. The van der Waals surface area contributed by atoms with Crippen LogP contribution in [-0.2, 0) is 17.6 Å².